The van der Waals surface area contributed by atoms with Crippen LogP contribution in [-0.4, -0.2) is 30.9 Å². The smallest absolute Gasteiger partial charge is 0.231 e. The molecule has 166 valence electrons. The highest BCUT2D eigenvalue weighted by atomic mass is 16.1. The molecule has 1 N–H and O–H groups in total. The molecule has 7 nitrogen and oxygen atoms in total. The zero-order valence-corrected chi connectivity index (χ0v) is 18.6. The first kappa shape index (κ1) is 21.2. The van der Waals surface area contributed by atoms with Crippen molar-refractivity contribution in [2.45, 2.75) is 13.3 Å². The molecule has 34 heavy (non-hydrogen) atoms. The minimum Gasteiger partial charge on any atom is -0.310 e. The van der Waals surface area contributed by atoms with E-state index in [-0.39, 0.29) is 12.3 Å². The predicted molar refractivity (Wildman–Crippen MR) is 131 cm³/mol. The maximum Gasteiger partial charge on any atom is 0.231 e. The Balaban J connectivity index is 1.39. The lowest BCUT2D eigenvalue weighted by atomic mass is 10.1. The Hall–Kier alpha value is -4.65. The number of aryl methyl sites for hydroxylation is 1. The van der Waals surface area contributed by atoms with Crippen LogP contribution in [0.3, 0.4) is 0 Å². The number of hydrogen-bond donors (Lipinski definition) is 1. The highest BCUT2D eigenvalue weighted by molar-refractivity contribution is 5.92. The molecule has 7 heteroatoms. The largest absolute Gasteiger partial charge is 0.310 e. The van der Waals surface area contributed by atoms with E-state index in [0.29, 0.717) is 11.5 Å². The summed E-state index contributed by atoms with van der Waals surface area (Å²) in [5.41, 5.74) is 6.32. The number of benzene rings is 2. The van der Waals surface area contributed by atoms with Gasteiger partial charge in [0.2, 0.25) is 5.91 Å². The Kier molecular flexibility index (Phi) is 5.90. The lowest BCUT2D eigenvalue weighted by Gasteiger charge is -2.09. The third kappa shape index (κ3) is 4.59. The molecule has 3 heterocycles. The number of nitrogens with zero attached hydrogens (tertiary/aromatic N) is 5. The number of carbonyl (C=O) groups is 1. The van der Waals surface area contributed by atoms with Crippen LogP contribution >= 0.6 is 0 Å². The van der Waals surface area contributed by atoms with Gasteiger partial charge in [-0.3, -0.25) is 9.78 Å². The number of hydrogen-bond acceptors (Lipinski definition) is 5. The lowest BCUT2D eigenvalue weighted by Crippen LogP contribution is -2.16. The van der Waals surface area contributed by atoms with Gasteiger partial charge in [0.05, 0.1) is 17.8 Å². The predicted octanol–water partition coefficient (Wildman–Crippen LogP) is 4.88. The molecule has 0 aliphatic heterocycles. The monoisotopic (exact) mass is 446 g/mol. The van der Waals surface area contributed by atoms with Gasteiger partial charge in [0.15, 0.2) is 0 Å². The van der Waals surface area contributed by atoms with Gasteiger partial charge in [-0.2, -0.15) is 0 Å². The number of nitrogens with one attached hydrogen (secondary N) is 1. The second kappa shape index (κ2) is 9.46. The molecule has 0 unspecified atom stereocenters. The minimum absolute atomic E-state index is 0.0659. The van der Waals surface area contributed by atoms with E-state index in [1.165, 1.54) is 0 Å². The Morgan fingerprint density at radius 3 is 2.29 bits per heavy atom. The Labute approximate surface area is 197 Å². The number of aromatic nitrogens is 5. The topological polar surface area (TPSA) is 85.6 Å². The summed E-state index contributed by atoms with van der Waals surface area (Å²) in [6.07, 6.45) is 5.22. The van der Waals surface area contributed by atoms with Crippen molar-refractivity contribution in [2.75, 3.05) is 5.32 Å². The SMILES string of the molecule is Cc1ccc(-c2c(CC(=O)Nc3ccc(-c4ccccc4)cn3)nnn2-c2ccncc2)cc1. The highest BCUT2D eigenvalue weighted by Crippen LogP contribution is 2.26. The van der Waals surface area contributed by atoms with Crippen LogP contribution < -0.4 is 5.32 Å². The van der Waals surface area contributed by atoms with Gasteiger partial charge >= 0.3 is 0 Å². The average molecular weight is 447 g/mol. The molecule has 1 amide bonds. The number of amides is 1. The van der Waals surface area contributed by atoms with E-state index >= 15 is 0 Å². The summed E-state index contributed by atoms with van der Waals surface area (Å²) in [4.78, 5) is 21.4. The second-order valence-electron chi connectivity index (χ2n) is 7.89. The van der Waals surface area contributed by atoms with Crippen molar-refractivity contribution in [3.63, 3.8) is 0 Å². The molecule has 5 aromatic rings. The molecule has 0 atom stereocenters. The molecule has 0 aliphatic rings. The molecule has 0 saturated carbocycles. The third-order valence-electron chi connectivity index (χ3n) is 5.44. The van der Waals surface area contributed by atoms with Crippen LogP contribution in [0, 0.1) is 6.92 Å². The van der Waals surface area contributed by atoms with Crippen LogP contribution in [0.15, 0.2) is 97.5 Å². The van der Waals surface area contributed by atoms with Gasteiger partial charge in [0.1, 0.15) is 11.5 Å². The normalized spacial score (nSPS) is 10.7. The van der Waals surface area contributed by atoms with Crippen LogP contribution in [0.1, 0.15) is 11.3 Å². The molecule has 0 aliphatic carbocycles. The van der Waals surface area contributed by atoms with Crippen molar-refractivity contribution in [1.82, 2.24) is 25.0 Å². The van der Waals surface area contributed by atoms with E-state index in [4.69, 9.17) is 0 Å². The van der Waals surface area contributed by atoms with Gasteiger partial charge in [-0.25, -0.2) is 9.67 Å². The molecule has 0 radical (unpaired) electrons. The summed E-state index contributed by atoms with van der Waals surface area (Å²) in [6.45, 7) is 2.03. The summed E-state index contributed by atoms with van der Waals surface area (Å²) >= 11 is 0. The molecule has 0 saturated heterocycles. The molecule has 5 rings (SSSR count). The van der Waals surface area contributed by atoms with Gasteiger partial charge in [-0.05, 0) is 36.8 Å². The lowest BCUT2D eigenvalue weighted by molar-refractivity contribution is -0.115. The van der Waals surface area contributed by atoms with Crippen molar-refractivity contribution in [2.24, 2.45) is 0 Å². The van der Waals surface area contributed by atoms with E-state index in [0.717, 1.165) is 33.6 Å². The number of pyridine rings is 2. The maximum absolute atomic E-state index is 12.9. The van der Waals surface area contributed by atoms with Gasteiger partial charge in [0, 0.05) is 29.7 Å². The second-order valence-corrected chi connectivity index (χ2v) is 7.89. The van der Waals surface area contributed by atoms with E-state index in [9.17, 15) is 4.79 Å². The Bertz CT molecular complexity index is 1400. The third-order valence-corrected chi connectivity index (χ3v) is 5.44. The van der Waals surface area contributed by atoms with Gasteiger partial charge < -0.3 is 5.32 Å². The van der Waals surface area contributed by atoms with Crippen LogP contribution in [-0.2, 0) is 11.2 Å². The molecule has 0 spiro atoms. The standard InChI is InChI=1S/C27H22N6O/c1-19-7-9-21(10-8-19)27-24(31-32-33(27)23-13-15-28-16-14-23)17-26(34)30-25-12-11-22(18-29-25)20-5-3-2-4-6-20/h2-16,18H,17H2,1H3,(H,29,30,34). The highest BCUT2D eigenvalue weighted by Gasteiger charge is 2.19. The first-order valence-corrected chi connectivity index (χ1v) is 10.9. The van der Waals surface area contributed by atoms with E-state index in [2.05, 4.69) is 25.6 Å². The van der Waals surface area contributed by atoms with Crippen molar-refractivity contribution < 1.29 is 4.79 Å². The molecule has 3 aromatic heterocycles. The van der Waals surface area contributed by atoms with Gasteiger partial charge in [0.25, 0.3) is 0 Å². The minimum atomic E-state index is -0.213. The first-order valence-electron chi connectivity index (χ1n) is 10.9. The van der Waals surface area contributed by atoms with E-state index in [1.54, 1.807) is 29.3 Å². The van der Waals surface area contributed by atoms with Crippen molar-refractivity contribution >= 4 is 11.7 Å². The maximum atomic E-state index is 12.9. The molecular weight excluding hydrogens is 424 g/mol. The fourth-order valence-corrected chi connectivity index (χ4v) is 3.71. The molecule has 0 fully saturated rings. The van der Waals surface area contributed by atoms with Crippen LogP contribution in [0.25, 0.3) is 28.1 Å². The summed E-state index contributed by atoms with van der Waals surface area (Å²) in [6, 6.07) is 25.5. The van der Waals surface area contributed by atoms with Crippen molar-refractivity contribution in [1.29, 1.82) is 0 Å². The Morgan fingerprint density at radius 2 is 1.59 bits per heavy atom. The molecular formula is C27H22N6O. The van der Waals surface area contributed by atoms with Crippen LogP contribution in [0.2, 0.25) is 0 Å². The van der Waals surface area contributed by atoms with Crippen molar-refractivity contribution in [3.8, 4) is 28.1 Å². The van der Waals surface area contributed by atoms with E-state index < -0.39 is 0 Å². The molecule has 2 aromatic carbocycles. The summed E-state index contributed by atoms with van der Waals surface area (Å²) in [5, 5.41) is 11.5. The number of anilines is 1. The number of rotatable bonds is 6. The average Bonchev–Trinajstić information content (AvgIpc) is 3.29. The van der Waals surface area contributed by atoms with Crippen LogP contribution in [0.4, 0.5) is 5.82 Å². The van der Waals surface area contributed by atoms with Crippen molar-refractivity contribution in [3.05, 3.63) is 109 Å². The van der Waals surface area contributed by atoms with E-state index in [1.807, 2.05) is 79.7 Å². The molecule has 0 bridgehead atoms. The zero-order valence-electron chi connectivity index (χ0n) is 18.6. The fourth-order valence-electron chi connectivity index (χ4n) is 3.71. The summed E-state index contributed by atoms with van der Waals surface area (Å²) in [5.74, 6) is 0.276. The van der Waals surface area contributed by atoms with Gasteiger partial charge in [-0.15, -0.1) is 5.10 Å². The van der Waals surface area contributed by atoms with Gasteiger partial charge in [-0.1, -0.05) is 65.4 Å². The number of carbonyl (C=O) groups excluding carboxylic acids is 1. The zero-order chi connectivity index (χ0) is 23.3. The first-order chi connectivity index (χ1) is 16.7. The summed E-state index contributed by atoms with van der Waals surface area (Å²) < 4.78 is 1.74. The Morgan fingerprint density at radius 1 is 0.853 bits per heavy atom. The summed E-state index contributed by atoms with van der Waals surface area (Å²) in [7, 11) is 0. The quantitative estimate of drug-likeness (QED) is 0.402. The van der Waals surface area contributed by atoms with Crippen LogP contribution in [0.5, 0.6) is 0 Å². The fraction of sp³-hybridized carbons (Fsp3) is 0.0741.